The van der Waals surface area contributed by atoms with Crippen LogP contribution in [0.4, 0.5) is 0 Å². The molecule has 1 spiro atoms. The highest BCUT2D eigenvalue weighted by molar-refractivity contribution is 8.01. The van der Waals surface area contributed by atoms with Gasteiger partial charge in [-0.25, -0.2) is 0 Å². The van der Waals surface area contributed by atoms with E-state index < -0.39 is 0 Å². The first-order chi connectivity index (χ1) is 16.2. The Bertz CT molecular complexity index is 1080. The zero-order valence-corrected chi connectivity index (χ0v) is 20.4. The smallest absolute Gasteiger partial charge is 0.160 e. The van der Waals surface area contributed by atoms with E-state index in [0.29, 0.717) is 5.25 Å². The van der Waals surface area contributed by atoms with Crippen molar-refractivity contribution in [3.63, 3.8) is 0 Å². The molecule has 4 heteroatoms. The number of aryl methyl sites for hydroxylation is 1. The molecule has 5 rings (SSSR count). The number of fused-ring (bicyclic) bond motifs is 2. The number of hydrogen-bond acceptors (Lipinski definition) is 4. The first-order valence-corrected chi connectivity index (χ1v) is 12.9. The maximum atomic E-state index is 5.46. The second kappa shape index (κ2) is 9.82. The molecule has 172 valence electrons. The molecule has 2 heterocycles. The third kappa shape index (κ3) is 4.51. The Labute approximate surface area is 202 Å². The van der Waals surface area contributed by atoms with Crippen LogP contribution in [0.1, 0.15) is 46.8 Å². The molecule has 2 aliphatic heterocycles. The van der Waals surface area contributed by atoms with Crippen LogP contribution in [0.3, 0.4) is 0 Å². The third-order valence-corrected chi connectivity index (χ3v) is 9.07. The Morgan fingerprint density at radius 1 is 0.879 bits per heavy atom. The summed E-state index contributed by atoms with van der Waals surface area (Å²) in [5.74, 6) is 1.62. The zero-order chi connectivity index (χ0) is 22.7. The minimum atomic E-state index is 0.261. The number of methoxy groups -OCH3 is 2. The second-order valence-electron chi connectivity index (χ2n) is 9.12. The molecule has 0 N–H and O–H groups in total. The summed E-state index contributed by atoms with van der Waals surface area (Å²) in [7, 11) is 3.39. The van der Waals surface area contributed by atoms with E-state index in [0.717, 1.165) is 24.5 Å². The monoisotopic (exact) mass is 459 g/mol. The van der Waals surface area contributed by atoms with Gasteiger partial charge in [-0.15, -0.1) is 11.8 Å². The maximum absolute atomic E-state index is 5.46. The summed E-state index contributed by atoms with van der Waals surface area (Å²) in [6.07, 6.45) is 4.69. The lowest BCUT2D eigenvalue weighted by molar-refractivity contribution is 0.199. The van der Waals surface area contributed by atoms with Gasteiger partial charge in [0.1, 0.15) is 0 Å². The lowest BCUT2D eigenvalue weighted by atomic mass is 9.84. The highest BCUT2D eigenvalue weighted by atomic mass is 32.2. The van der Waals surface area contributed by atoms with Gasteiger partial charge in [0.15, 0.2) is 11.5 Å². The minimum Gasteiger partial charge on any atom is -0.493 e. The van der Waals surface area contributed by atoms with Crippen molar-refractivity contribution in [2.24, 2.45) is 0 Å². The molecule has 1 saturated heterocycles. The van der Waals surface area contributed by atoms with Crippen LogP contribution in [0.25, 0.3) is 0 Å². The predicted molar refractivity (Wildman–Crippen MR) is 138 cm³/mol. The Morgan fingerprint density at radius 3 is 2.36 bits per heavy atom. The molecule has 0 amide bonds. The van der Waals surface area contributed by atoms with Crippen LogP contribution in [0, 0.1) is 0 Å². The number of benzene rings is 3. The number of thioether (sulfide) groups is 1. The predicted octanol–water partition coefficient (Wildman–Crippen LogP) is 6.46. The molecule has 3 aromatic carbocycles. The maximum Gasteiger partial charge on any atom is 0.160 e. The van der Waals surface area contributed by atoms with Crippen molar-refractivity contribution in [1.82, 2.24) is 4.90 Å². The Morgan fingerprint density at radius 2 is 1.61 bits per heavy atom. The molecule has 0 radical (unpaired) electrons. The normalized spacial score (nSPS) is 19.4. The lowest BCUT2D eigenvalue weighted by Crippen LogP contribution is -2.40. The van der Waals surface area contributed by atoms with Crippen molar-refractivity contribution < 1.29 is 9.47 Å². The largest absolute Gasteiger partial charge is 0.493 e. The highest BCUT2D eigenvalue weighted by Gasteiger charge is 2.46. The van der Waals surface area contributed by atoms with Crippen molar-refractivity contribution in [2.75, 3.05) is 33.9 Å². The fourth-order valence-corrected chi connectivity index (χ4v) is 7.24. The van der Waals surface area contributed by atoms with E-state index in [2.05, 4.69) is 83.4 Å². The molecule has 1 fully saturated rings. The van der Waals surface area contributed by atoms with Gasteiger partial charge in [-0.3, -0.25) is 0 Å². The Balaban J connectivity index is 1.20. The number of nitrogens with zero attached hydrogens (tertiary/aromatic N) is 1. The van der Waals surface area contributed by atoms with Gasteiger partial charge in [-0.1, -0.05) is 60.7 Å². The molecule has 0 saturated carbocycles. The van der Waals surface area contributed by atoms with Gasteiger partial charge in [-0.2, -0.15) is 0 Å². The summed E-state index contributed by atoms with van der Waals surface area (Å²) in [6, 6.07) is 26.5. The van der Waals surface area contributed by atoms with Crippen LogP contribution in [-0.2, 0) is 11.2 Å². The van der Waals surface area contributed by atoms with Gasteiger partial charge in [0, 0.05) is 4.75 Å². The SMILES string of the molecule is COc1ccc(CCCN2CCC3(CC2)SC(c2ccccc2)c2ccccc23)cc1OC. The van der Waals surface area contributed by atoms with Crippen LogP contribution < -0.4 is 9.47 Å². The molecular formula is C29H33NO2S. The van der Waals surface area contributed by atoms with Crippen LogP contribution in [0.15, 0.2) is 72.8 Å². The molecule has 1 atom stereocenters. The average molecular weight is 460 g/mol. The molecule has 0 aromatic heterocycles. The van der Waals surface area contributed by atoms with E-state index in [4.69, 9.17) is 9.47 Å². The van der Waals surface area contributed by atoms with Gasteiger partial charge in [-0.05, 0) is 79.7 Å². The molecule has 33 heavy (non-hydrogen) atoms. The highest BCUT2D eigenvalue weighted by Crippen LogP contribution is 2.61. The van der Waals surface area contributed by atoms with Crippen molar-refractivity contribution in [1.29, 1.82) is 0 Å². The van der Waals surface area contributed by atoms with E-state index in [1.54, 1.807) is 19.8 Å². The molecular weight excluding hydrogens is 426 g/mol. The van der Waals surface area contributed by atoms with Crippen molar-refractivity contribution in [3.05, 3.63) is 95.1 Å². The summed E-state index contributed by atoms with van der Waals surface area (Å²) in [6.45, 7) is 3.50. The topological polar surface area (TPSA) is 21.7 Å². The quantitative estimate of drug-likeness (QED) is 0.404. The first-order valence-electron chi connectivity index (χ1n) is 12.0. The van der Waals surface area contributed by atoms with Crippen LogP contribution in [0.5, 0.6) is 11.5 Å². The summed E-state index contributed by atoms with van der Waals surface area (Å²) in [5, 5.41) is 0.457. The van der Waals surface area contributed by atoms with Gasteiger partial charge in [0.2, 0.25) is 0 Å². The van der Waals surface area contributed by atoms with Crippen LogP contribution in [0.2, 0.25) is 0 Å². The number of hydrogen-bond donors (Lipinski definition) is 0. The summed E-state index contributed by atoms with van der Waals surface area (Å²) < 4.78 is 11.1. The second-order valence-corrected chi connectivity index (χ2v) is 10.6. The molecule has 0 bridgehead atoms. The number of piperidine rings is 1. The first kappa shape index (κ1) is 22.4. The number of rotatable bonds is 7. The standard InChI is InChI=1S/C29H33NO2S/c1-31-26-15-14-22(21-27(26)32-2)9-8-18-30-19-16-29(17-20-30)25-13-7-6-12-24(25)28(33-29)23-10-4-3-5-11-23/h3-7,10-15,21,28H,8-9,16-20H2,1-2H3. The van der Waals surface area contributed by atoms with E-state index in [1.165, 1.54) is 49.0 Å². The van der Waals surface area contributed by atoms with E-state index in [9.17, 15) is 0 Å². The molecule has 0 aliphatic carbocycles. The zero-order valence-electron chi connectivity index (χ0n) is 19.6. The van der Waals surface area contributed by atoms with E-state index in [1.807, 2.05) is 6.07 Å². The molecule has 1 unspecified atom stereocenters. The van der Waals surface area contributed by atoms with Crippen molar-refractivity contribution >= 4 is 11.8 Å². The minimum absolute atomic E-state index is 0.261. The number of likely N-dealkylation sites (tertiary alicyclic amines) is 1. The van der Waals surface area contributed by atoms with Crippen LogP contribution in [-0.4, -0.2) is 38.8 Å². The molecule has 2 aliphatic rings. The van der Waals surface area contributed by atoms with E-state index in [-0.39, 0.29) is 4.75 Å². The van der Waals surface area contributed by atoms with Crippen molar-refractivity contribution in [3.8, 4) is 11.5 Å². The number of ether oxygens (including phenoxy) is 2. The van der Waals surface area contributed by atoms with Gasteiger partial charge in [0.05, 0.1) is 19.5 Å². The third-order valence-electron chi connectivity index (χ3n) is 7.23. The summed E-state index contributed by atoms with van der Waals surface area (Å²) in [5.41, 5.74) is 5.85. The fourth-order valence-electron chi connectivity index (χ4n) is 5.44. The van der Waals surface area contributed by atoms with Crippen LogP contribution >= 0.6 is 11.8 Å². The van der Waals surface area contributed by atoms with Gasteiger partial charge in [0.25, 0.3) is 0 Å². The van der Waals surface area contributed by atoms with Gasteiger partial charge >= 0.3 is 0 Å². The summed E-state index contributed by atoms with van der Waals surface area (Å²) in [4.78, 5) is 2.66. The summed E-state index contributed by atoms with van der Waals surface area (Å²) >= 11 is 2.19. The van der Waals surface area contributed by atoms with Gasteiger partial charge < -0.3 is 14.4 Å². The van der Waals surface area contributed by atoms with E-state index >= 15 is 0 Å². The molecule has 3 nitrogen and oxygen atoms in total. The Kier molecular flexibility index (Phi) is 6.66. The van der Waals surface area contributed by atoms with Crippen molar-refractivity contribution in [2.45, 2.75) is 35.7 Å². The average Bonchev–Trinajstić information content (AvgIpc) is 3.20. The fraction of sp³-hybridized carbons (Fsp3) is 0.379. The molecule has 3 aromatic rings. The Hall–Kier alpha value is -2.43. The lowest BCUT2D eigenvalue weighted by Gasteiger charge is -2.40.